The summed E-state index contributed by atoms with van der Waals surface area (Å²) in [6.45, 7) is 3.56. The van der Waals surface area contributed by atoms with Crippen LogP contribution in [-0.2, 0) is 12.2 Å². The highest BCUT2D eigenvalue weighted by molar-refractivity contribution is 7.98. The van der Waals surface area contributed by atoms with Gasteiger partial charge in [-0.3, -0.25) is 4.90 Å². The molecule has 7 heteroatoms. The van der Waals surface area contributed by atoms with Crippen LogP contribution in [0.3, 0.4) is 0 Å². The summed E-state index contributed by atoms with van der Waals surface area (Å²) in [4.78, 5) is 13.7. The van der Waals surface area contributed by atoms with E-state index in [2.05, 4.69) is 35.5 Å². The average molecular weight is 507 g/mol. The Balaban J connectivity index is 1.56. The lowest BCUT2D eigenvalue weighted by molar-refractivity contribution is 0.199. The van der Waals surface area contributed by atoms with E-state index in [0.717, 1.165) is 29.1 Å². The van der Waals surface area contributed by atoms with Gasteiger partial charge in [0, 0.05) is 16.3 Å². The maximum atomic E-state index is 12.4. The molecule has 5 nitrogen and oxygen atoms in total. The van der Waals surface area contributed by atoms with Gasteiger partial charge in [-0.15, -0.1) is 0 Å². The molecule has 0 aliphatic carbocycles. The van der Waals surface area contributed by atoms with Gasteiger partial charge in [0.1, 0.15) is 11.4 Å². The largest absolute Gasteiger partial charge is 0.465 e. The molecule has 1 N–H and O–H groups in total. The van der Waals surface area contributed by atoms with Crippen LogP contribution in [0.15, 0.2) is 83.4 Å². The normalized spacial score (nSPS) is 11.9. The minimum absolute atomic E-state index is 0.429. The van der Waals surface area contributed by atoms with Gasteiger partial charge >= 0.3 is 6.09 Å². The van der Waals surface area contributed by atoms with Crippen molar-refractivity contribution in [1.29, 1.82) is 0 Å². The molecule has 0 aliphatic rings. The van der Waals surface area contributed by atoms with E-state index in [0.29, 0.717) is 27.7 Å². The second kappa shape index (κ2) is 11.5. The summed E-state index contributed by atoms with van der Waals surface area (Å²) in [5.41, 5.74) is 4.91. The molecule has 0 saturated heterocycles. The number of benzene rings is 3. The first kappa shape index (κ1) is 24.9. The first-order chi connectivity index (χ1) is 17.0. The van der Waals surface area contributed by atoms with Gasteiger partial charge in [0.25, 0.3) is 0 Å². The number of aromatic nitrogens is 1. The number of hydrogen-bond donors (Lipinski definition) is 1. The van der Waals surface area contributed by atoms with E-state index in [1.165, 1.54) is 10.5 Å². The van der Waals surface area contributed by atoms with Crippen molar-refractivity contribution in [3.05, 3.63) is 106 Å². The molecule has 0 fully saturated rings. The van der Waals surface area contributed by atoms with Crippen LogP contribution >= 0.6 is 23.4 Å². The van der Waals surface area contributed by atoms with Crippen molar-refractivity contribution < 1.29 is 14.4 Å². The standard InChI is InChI=1S/C28H27ClN2O3S/c1-19-26(31(28(32)33)20(2)24-13-6-7-14-25(24)29)27(34-30-19)23-12-8-11-22(17-23)18-35-16-15-21-9-4-3-5-10-21/h3-14,17,20H,15-16,18H2,1-2H3,(H,32,33). The van der Waals surface area contributed by atoms with Crippen LogP contribution in [0.2, 0.25) is 5.02 Å². The fourth-order valence-corrected chi connectivity index (χ4v) is 5.31. The number of aryl methyl sites for hydroxylation is 2. The molecule has 0 aliphatic heterocycles. The van der Waals surface area contributed by atoms with Gasteiger partial charge < -0.3 is 9.63 Å². The van der Waals surface area contributed by atoms with Crippen molar-refractivity contribution in [1.82, 2.24) is 5.16 Å². The first-order valence-electron chi connectivity index (χ1n) is 11.4. The van der Waals surface area contributed by atoms with E-state index in [9.17, 15) is 9.90 Å². The zero-order chi connectivity index (χ0) is 24.8. The van der Waals surface area contributed by atoms with Crippen molar-refractivity contribution in [2.45, 2.75) is 32.1 Å². The predicted molar refractivity (Wildman–Crippen MR) is 143 cm³/mol. The fourth-order valence-electron chi connectivity index (χ4n) is 4.07. The molecule has 1 aromatic heterocycles. The van der Waals surface area contributed by atoms with Crippen molar-refractivity contribution >= 4 is 35.1 Å². The Bertz CT molecular complexity index is 1290. The summed E-state index contributed by atoms with van der Waals surface area (Å²) in [6.07, 6.45) is -0.0814. The zero-order valence-electron chi connectivity index (χ0n) is 19.6. The molecule has 1 heterocycles. The van der Waals surface area contributed by atoms with E-state index < -0.39 is 12.1 Å². The van der Waals surface area contributed by atoms with E-state index in [1.807, 2.05) is 61.2 Å². The minimum Gasteiger partial charge on any atom is -0.465 e. The summed E-state index contributed by atoms with van der Waals surface area (Å²) in [5, 5.41) is 14.8. The fraction of sp³-hybridized carbons (Fsp3) is 0.214. The van der Waals surface area contributed by atoms with Gasteiger partial charge in [0.15, 0.2) is 5.76 Å². The van der Waals surface area contributed by atoms with Crippen LogP contribution in [0.1, 0.15) is 35.3 Å². The second-order valence-electron chi connectivity index (χ2n) is 8.28. The number of halogens is 1. The predicted octanol–water partition coefficient (Wildman–Crippen LogP) is 8.02. The van der Waals surface area contributed by atoms with Crippen molar-refractivity contribution in [2.24, 2.45) is 0 Å². The molecule has 0 spiro atoms. The molecule has 1 atom stereocenters. The Morgan fingerprint density at radius 1 is 1.06 bits per heavy atom. The summed E-state index contributed by atoms with van der Waals surface area (Å²) < 4.78 is 5.67. The van der Waals surface area contributed by atoms with E-state index in [-0.39, 0.29) is 0 Å². The molecule has 35 heavy (non-hydrogen) atoms. The van der Waals surface area contributed by atoms with Gasteiger partial charge in [0.05, 0.1) is 6.04 Å². The van der Waals surface area contributed by atoms with E-state index in [1.54, 1.807) is 13.0 Å². The van der Waals surface area contributed by atoms with Crippen LogP contribution in [0.4, 0.5) is 10.5 Å². The van der Waals surface area contributed by atoms with E-state index in [4.69, 9.17) is 16.1 Å². The first-order valence-corrected chi connectivity index (χ1v) is 12.9. The van der Waals surface area contributed by atoms with Crippen LogP contribution in [0.5, 0.6) is 0 Å². The molecule has 180 valence electrons. The SMILES string of the molecule is Cc1noc(-c2cccc(CSCCc3ccccc3)c2)c1N(C(=O)O)C(C)c1ccccc1Cl. The van der Waals surface area contributed by atoms with Crippen molar-refractivity contribution in [2.75, 3.05) is 10.7 Å². The highest BCUT2D eigenvalue weighted by Crippen LogP contribution is 2.40. The Morgan fingerprint density at radius 3 is 2.51 bits per heavy atom. The van der Waals surface area contributed by atoms with E-state index >= 15 is 0 Å². The third-order valence-electron chi connectivity index (χ3n) is 5.86. The second-order valence-corrected chi connectivity index (χ2v) is 9.80. The van der Waals surface area contributed by atoms with Gasteiger partial charge in [-0.1, -0.05) is 83.5 Å². The molecule has 1 amide bonds. The third-order valence-corrected chi connectivity index (χ3v) is 7.23. The highest BCUT2D eigenvalue weighted by atomic mass is 35.5. The smallest absolute Gasteiger partial charge is 0.412 e. The van der Waals surface area contributed by atoms with Gasteiger partial charge in [-0.2, -0.15) is 11.8 Å². The average Bonchev–Trinajstić information content (AvgIpc) is 3.23. The van der Waals surface area contributed by atoms with Crippen LogP contribution in [-0.4, -0.2) is 22.1 Å². The number of amides is 1. The van der Waals surface area contributed by atoms with Crippen LogP contribution in [0, 0.1) is 6.92 Å². The lowest BCUT2D eigenvalue weighted by Gasteiger charge is -2.27. The van der Waals surface area contributed by atoms with Crippen molar-refractivity contribution in [3.63, 3.8) is 0 Å². The number of nitrogens with zero attached hydrogens (tertiary/aromatic N) is 2. The molecule has 1 unspecified atom stereocenters. The maximum Gasteiger partial charge on any atom is 0.412 e. The summed E-state index contributed by atoms with van der Waals surface area (Å²) in [5.74, 6) is 2.30. The summed E-state index contributed by atoms with van der Waals surface area (Å²) >= 11 is 8.25. The lowest BCUT2D eigenvalue weighted by atomic mass is 10.0. The van der Waals surface area contributed by atoms with Gasteiger partial charge in [-0.25, -0.2) is 4.79 Å². The number of thioether (sulfide) groups is 1. The quantitative estimate of drug-likeness (QED) is 0.233. The van der Waals surface area contributed by atoms with Gasteiger partial charge in [-0.05, 0) is 54.8 Å². The molecule has 3 aromatic carbocycles. The van der Waals surface area contributed by atoms with Crippen molar-refractivity contribution in [3.8, 4) is 11.3 Å². The van der Waals surface area contributed by atoms with Gasteiger partial charge in [0.2, 0.25) is 0 Å². The Labute approximate surface area is 214 Å². The number of anilines is 1. The summed E-state index contributed by atoms with van der Waals surface area (Å²) in [6, 6.07) is 25.2. The highest BCUT2D eigenvalue weighted by Gasteiger charge is 2.31. The number of hydrogen-bond acceptors (Lipinski definition) is 4. The summed E-state index contributed by atoms with van der Waals surface area (Å²) in [7, 11) is 0. The number of carbonyl (C=O) groups is 1. The number of rotatable bonds is 9. The molecule has 0 radical (unpaired) electrons. The third kappa shape index (κ3) is 5.89. The minimum atomic E-state index is -1.10. The molecule has 0 bridgehead atoms. The van der Waals surface area contributed by atoms with Crippen LogP contribution in [0.25, 0.3) is 11.3 Å². The molecular weight excluding hydrogens is 480 g/mol. The van der Waals surface area contributed by atoms with Crippen LogP contribution < -0.4 is 4.90 Å². The molecule has 4 aromatic rings. The topological polar surface area (TPSA) is 66.6 Å². The Morgan fingerprint density at radius 2 is 1.77 bits per heavy atom. The molecular formula is C28H27ClN2O3S. The Hall–Kier alpha value is -3.22. The lowest BCUT2D eigenvalue weighted by Crippen LogP contribution is -2.33. The number of carboxylic acid groups (broad SMARTS) is 1. The molecule has 0 saturated carbocycles. The monoisotopic (exact) mass is 506 g/mol. The zero-order valence-corrected chi connectivity index (χ0v) is 21.2. The maximum absolute atomic E-state index is 12.4. The Kier molecular flexibility index (Phi) is 8.16. The molecule has 4 rings (SSSR count).